The van der Waals surface area contributed by atoms with Crippen LogP contribution in [0.1, 0.15) is 12.8 Å². The van der Waals surface area contributed by atoms with Gasteiger partial charge in [-0.15, -0.1) is 0 Å². The minimum absolute atomic E-state index is 0.0804. The van der Waals surface area contributed by atoms with Crippen molar-refractivity contribution in [3.63, 3.8) is 0 Å². The zero-order valence-electron chi connectivity index (χ0n) is 11.5. The third kappa shape index (κ3) is 3.69. The third-order valence-corrected chi connectivity index (χ3v) is 4.81. The van der Waals surface area contributed by atoms with Crippen LogP contribution in [-0.2, 0) is 10.0 Å². The number of hydrogen-bond donors (Lipinski definition) is 2. The van der Waals surface area contributed by atoms with Crippen LogP contribution in [0.2, 0.25) is 0 Å². The number of nitrogens with zero attached hydrogens (tertiary/aromatic N) is 1. The minimum Gasteiger partial charge on any atom is -0.495 e. The van der Waals surface area contributed by atoms with Gasteiger partial charge in [-0.3, -0.25) is 10.1 Å². The van der Waals surface area contributed by atoms with Crippen LogP contribution in [0, 0.1) is 10.1 Å². The number of piperidine rings is 1. The molecule has 21 heavy (non-hydrogen) atoms. The second kappa shape index (κ2) is 6.37. The highest BCUT2D eigenvalue weighted by Crippen LogP contribution is 2.28. The lowest BCUT2D eigenvalue weighted by Gasteiger charge is -2.23. The van der Waals surface area contributed by atoms with E-state index in [2.05, 4.69) is 10.0 Å². The SMILES string of the molecule is COc1ccc([N+](=O)[O-])cc1S(=O)(=O)N[C@H]1CCCNC1. The summed E-state index contributed by atoms with van der Waals surface area (Å²) in [5.41, 5.74) is -0.294. The summed E-state index contributed by atoms with van der Waals surface area (Å²) < 4.78 is 32.4. The second-order valence-corrected chi connectivity index (χ2v) is 6.44. The molecule has 1 saturated heterocycles. The monoisotopic (exact) mass is 315 g/mol. The van der Waals surface area contributed by atoms with Crippen molar-refractivity contribution >= 4 is 15.7 Å². The summed E-state index contributed by atoms with van der Waals surface area (Å²) in [7, 11) is -2.56. The van der Waals surface area contributed by atoms with E-state index in [-0.39, 0.29) is 22.4 Å². The summed E-state index contributed by atoms with van der Waals surface area (Å²) in [4.78, 5) is 9.95. The lowest BCUT2D eigenvalue weighted by Crippen LogP contribution is -2.45. The first-order chi connectivity index (χ1) is 9.94. The van der Waals surface area contributed by atoms with Gasteiger partial charge in [-0.1, -0.05) is 0 Å². The van der Waals surface area contributed by atoms with Crippen molar-refractivity contribution in [1.29, 1.82) is 0 Å². The van der Waals surface area contributed by atoms with E-state index in [1.54, 1.807) is 0 Å². The standard InChI is InChI=1S/C12H17N3O5S/c1-20-11-5-4-10(15(16)17)7-12(11)21(18,19)14-9-3-2-6-13-8-9/h4-5,7,9,13-14H,2-3,6,8H2,1H3/t9-/m0/s1. The molecular weight excluding hydrogens is 298 g/mol. The predicted molar refractivity (Wildman–Crippen MR) is 75.9 cm³/mol. The molecule has 0 unspecified atom stereocenters. The smallest absolute Gasteiger partial charge is 0.271 e. The van der Waals surface area contributed by atoms with Crippen molar-refractivity contribution in [1.82, 2.24) is 10.0 Å². The number of nitro groups is 1. The molecule has 0 aromatic heterocycles. The second-order valence-electron chi connectivity index (χ2n) is 4.76. The number of nitro benzene ring substituents is 1. The van der Waals surface area contributed by atoms with Crippen LogP contribution in [0.3, 0.4) is 0 Å². The van der Waals surface area contributed by atoms with E-state index >= 15 is 0 Å². The van der Waals surface area contributed by atoms with E-state index in [4.69, 9.17) is 4.74 Å². The third-order valence-electron chi connectivity index (χ3n) is 3.27. The lowest BCUT2D eigenvalue weighted by atomic mass is 10.1. The van der Waals surface area contributed by atoms with Gasteiger partial charge in [-0.25, -0.2) is 13.1 Å². The first-order valence-corrected chi connectivity index (χ1v) is 7.98. The Balaban J connectivity index is 2.32. The van der Waals surface area contributed by atoms with Gasteiger partial charge in [0.05, 0.1) is 12.0 Å². The number of ether oxygens (including phenoxy) is 1. The van der Waals surface area contributed by atoms with Gasteiger partial charge in [0.1, 0.15) is 10.6 Å². The normalized spacial score (nSPS) is 19.2. The van der Waals surface area contributed by atoms with E-state index in [0.717, 1.165) is 25.5 Å². The number of hydrogen-bond acceptors (Lipinski definition) is 6. The van der Waals surface area contributed by atoms with E-state index in [0.29, 0.717) is 6.54 Å². The summed E-state index contributed by atoms with van der Waals surface area (Å²) in [6.45, 7) is 1.40. The summed E-state index contributed by atoms with van der Waals surface area (Å²) in [5, 5.41) is 13.9. The highest BCUT2D eigenvalue weighted by Gasteiger charge is 2.26. The van der Waals surface area contributed by atoms with E-state index < -0.39 is 14.9 Å². The lowest BCUT2D eigenvalue weighted by molar-refractivity contribution is -0.385. The first kappa shape index (κ1) is 15.7. The molecule has 1 aromatic carbocycles. The maximum Gasteiger partial charge on any atom is 0.271 e. The van der Waals surface area contributed by atoms with E-state index in [9.17, 15) is 18.5 Å². The maximum absolute atomic E-state index is 12.4. The molecule has 9 heteroatoms. The van der Waals surface area contributed by atoms with Crippen LogP contribution in [0.4, 0.5) is 5.69 Å². The molecule has 1 aliphatic rings. The van der Waals surface area contributed by atoms with Crippen molar-refractivity contribution in [2.45, 2.75) is 23.8 Å². The van der Waals surface area contributed by atoms with Gasteiger partial charge in [0.2, 0.25) is 10.0 Å². The molecule has 116 valence electrons. The summed E-state index contributed by atoms with van der Waals surface area (Å²) in [6.07, 6.45) is 1.60. The number of sulfonamides is 1. The van der Waals surface area contributed by atoms with Gasteiger partial charge in [0.15, 0.2) is 0 Å². The summed E-state index contributed by atoms with van der Waals surface area (Å²) in [5.74, 6) is 0.0804. The van der Waals surface area contributed by atoms with Gasteiger partial charge in [0, 0.05) is 24.7 Å². The van der Waals surface area contributed by atoms with Gasteiger partial charge < -0.3 is 10.1 Å². The van der Waals surface area contributed by atoms with E-state index in [1.165, 1.54) is 19.2 Å². The molecule has 0 radical (unpaired) electrons. The largest absolute Gasteiger partial charge is 0.495 e. The average molecular weight is 315 g/mol. The van der Waals surface area contributed by atoms with Crippen LogP contribution in [-0.4, -0.2) is 39.6 Å². The molecular formula is C12H17N3O5S. The Morgan fingerprint density at radius 1 is 1.48 bits per heavy atom. The summed E-state index contributed by atoms with van der Waals surface area (Å²) in [6, 6.07) is 3.27. The quantitative estimate of drug-likeness (QED) is 0.609. The van der Waals surface area contributed by atoms with Crippen molar-refractivity contribution in [2.75, 3.05) is 20.2 Å². The van der Waals surface area contributed by atoms with Crippen molar-refractivity contribution in [3.05, 3.63) is 28.3 Å². The van der Waals surface area contributed by atoms with Gasteiger partial charge in [-0.05, 0) is 25.5 Å². The molecule has 0 aliphatic carbocycles. The Bertz CT molecular complexity index is 626. The van der Waals surface area contributed by atoms with Crippen LogP contribution in [0.15, 0.2) is 23.1 Å². The Kier molecular flexibility index (Phi) is 4.76. The van der Waals surface area contributed by atoms with Crippen molar-refractivity contribution in [2.24, 2.45) is 0 Å². The maximum atomic E-state index is 12.4. The molecule has 0 amide bonds. The predicted octanol–water partition coefficient (Wildman–Crippen LogP) is 0.634. The highest BCUT2D eigenvalue weighted by atomic mass is 32.2. The summed E-state index contributed by atoms with van der Waals surface area (Å²) >= 11 is 0. The topological polar surface area (TPSA) is 111 Å². The Hall–Kier alpha value is -1.71. The molecule has 1 atom stereocenters. The minimum atomic E-state index is -3.88. The Morgan fingerprint density at radius 3 is 2.81 bits per heavy atom. The molecule has 0 bridgehead atoms. The fraction of sp³-hybridized carbons (Fsp3) is 0.500. The number of nitrogens with one attached hydrogen (secondary N) is 2. The van der Waals surface area contributed by atoms with Crippen LogP contribution >= 0.6 is 0 Å². The average Bonchev–Trinajstić information content (AvgIpc) is 2.47. The molecule has 1 heterocycles. The Morgan fingerprint density at radius 2 is 2.24 bits per heavy atom. The molecule has 0 spiro atoms. The van der Waals surface area contributed by atoms with E-state index in [1.807, 2.05) is 0 Å². The molecule has 1 aliphatic heterocycles. The number of non-ortho nitro benzene ring substituents is 1. The van der Waals surface area contributed by atoms with Crippen molar-refractivity contribution in [3.8, 4) is 5.75 Å². The fourth-order valence-electron chi connectivity index (χ4n) is 2.22. The number of methoxy groups -OCH3 is 1. The molecule has 0 saturated carbocycles. The first-order valence-electron chi connectivity index (χ1n) is 6.49. The van der Waals surface area contributed by atoms with Crippen LogP contribution < -0.4 is 14.8 Å². The molecule has 1 aromatic rings. The van der Waals surface area contributed by atoms with Crippen molar-refractivity contribution < 1.29 is 18.1 Å². The molecule has 2 rings (SSSR count). The van der Waals surface area contributed by atoms with Crippen LogP contribution in [0.5, 0.6) is 5.75 Å². The number of rotatable bonds is 5. The molecule has 2 N–H and O–H groups in total. The Labute approximate surface area is 122 Å². The fourth-order valence-corrected chi connectivity index (χ4v) is 3.68. The van der Waals surface area contributed by atoms with Gasteiger partial charge in [0.25, 0.3) is 5.69 Å². The van der Waals surface area contributed by atoms with Gasteiger partial charge >= 0.3 is 0 Å². The number of benzene rings is 1. The zero-order valence-corrected chi connectivity index (χ0v) is 12.4. The zero-order chi connectivity index (χ0) is 15.5. The molecule has 1 fully saturated rings. The van der Waals surface area contributed by atoms with Crippen LogP contribution in [0.25, 0.3) is 0 Å². The molecule has 8 nitrogen and oxygen atoms in total. The van der Waals surface area contributed by atoms with Gasteiger partial charge in [-0.2, -0.15) is 0 Å². The highest BCUT2D eigenvalue weighted by molar-refractivity contribution is 7.89.